The second kappa shape index (κ2) is 5.93. The standard InChI is InChI=1S/C16H22O3/c17-13(11-14-4-3-8-18-14)10-12-7-9-19-16-6-2-1-5-15(12)16/h1-2,5-6,12-14,17H,3-4,7-11H2. The van der Waals surface area contributed by atoms with Crippen LogP contribution < -0.4 is 4.74 Å². The Hall–Kier alpha value is -1.06. The molecule has 1 aromatic carbocycles. The van der Waals surface area contributed by atoms with Crippen molar-refractivity contribution >= 4 is 0 Å². The van der Waals surface area contributed by atoms with Crippen LogP contribution in [0.1, 0.15) is 43.6 Å². The SMILES string of the molecule is OC(CC1CCCO1)CC1CCOc2ccccc21. The monoisotopic (exact) mass is 262 g/mol. The van der Waals surface area contributed by atoms with Gasteiger partial charge in [-0.05, 0) is 49.7 Å². The molecule has 1 N–H and O–H groups in total. The summed E-state index contributed by atoms with van der Waals surface area (Å²) < 4.78 is 11.3. The molecule has 104 valence electrons. The van der Waals surface area contributed by atoms with E-state index in [0.29, 0.717) is 5.92 Å². The molecule has 3 heteroatoms. The molecule has 3 rings (SSSR count). The molecule has 0 saturated carbocycles. The first-order valence-corrected chi connectivity index (χ1v) is 7.34. The topological polar surface area (TPSA) is 38.7 Å². The molecule has 0 aromatic heterocycles. The van der Waals surface area contributed by atoms with Crippen LogP contribution in [-0.4, -0.2) is 30.5 Å². The summed E-state index contributed by atoms with van der Waals surface area (Å²) in [4.78, 5) is 0. The van der Waals surface area contributed by atoms with Gasteiger partial charge in [0.25, 0.3) is 0 Å². The van der Waals surface area contributed by atoms with E-state index in [1.54, 1.807) is 0 Å². The highest BCUT2D eigenvalue weighted by atomic mass is 16.5. The maximum absolute atomic E-state index is 10.3. The van der Waals surface area contributed by atoms with Crippen LogP contribution in [0.25, 0.3) is 0 Å². The van der Waals surface area contributed by atoms with Gasteiger partial charge in [-0.1, -0.05) is 18.2 Å². The van der Waals surface area contributed by atoms with Crippen LogP contribution in [0.5, 0.6) is 5.75 Å². The third kappa shape index (κ3) is 3.10. The van der Waals surface area contributed by atoms with Crippen molar-refractivity contribution in [1.29, 1.82) is 0 Å². The van der Waals surface area contributed by atoms with Crippen LogP contribution in [0, 0.1) is 0 Å². The maximum Gasteiger partial charge on any atom is 0.122 e. The molecular formula is C16H22O3. The molecule has 3 nitrogen and oxygen atoms in total. The summed E-state index contributed by atoms with van der Waals surface area (Å²) in [6.45, 7) is 1.62. The van der Waals surface area contributed by atoms with Crippen molar-refractivity contribution in [3.8, 4) is 5.75 Å². The molecule has 0 radical (unpaired) electrons. The summed E-state index contributed by atoms with van der Waals surface area (Å²) >= 11 is 0. The van der Waals surface area contributed by atoms with E-state index < -0.39 is 0 Å². The van der Waals surface area contributed by atoms with E-state index in [1.807, 2.05) is 18.2 Å². The summed E-state index contributed by atoms with van der Waals surface area (Å²) in [5.74, 6) is 1.41. The lowest BCUT2D eigenvalue weighted by Crippen LogP contribution is -2.22. The van der Waals surface area contributed by atoms with Gasteiger partial charge in [0.15, 0.2) is 0 Å². The third-order valence-corrected chi connectivity index (χ3v) is 4.20. The van der Waals surface area contributed by atoms with Gasteiger partial charge >= 0.3 is 0 Å². The summed E-state index contributed by atoms with van der Waals surface area (Å²) in [6, 6.07) is 8.20. The number of hydrogen-bond donors (Lipinski definition) is 1. The lowest BCUT2D eigenvalue weighted by Gasteiger charge is -2.28. The highest BCUT2D eigenvalue weighted by molar-refractivity contribution is 5.37. The van der Waals surface area contributed by atoms with Gasteiger partial charge in [0.05, 0.1) is 18.8 Å². The van der Waals surface area contributed by atoms with Crippen molar-refractivity contribution < 1.29 is 14.6 Å². The number of ether oxygens (including phenoxy) is 2. The van der Waals surface area contributed by atoms with E-state index in [-0.39, 0.29) is 12.2 Å². The van der Waals surface area contributed by atoms with Crippen LogP contribution in [-0.2, 0) is 4.74 Å². The second-order valence-corrected chi connectivity index (χ2v) is 5.63. The lowest BCUT2D eigenvalue weighted by atomic mass is 9.87. The normalized spacial score (nSPS) is 27.6. The first-order valence-electron chi connectivity index (χ1n) is 7.34. The molecule has 1 fully saturated rings. The Bertz CT molecular complexity index is 412. The minimum absolute atomic E-state index is 0.265. The van der Waals surface area contributed by atoms with E-state index in [2.05, 4.69) is 6.07 Å². The fourth-order valence-electron chi connectivity index (χ4n) is 3.22. The van der Waals surface area contributed by atoms with E-state index in [1.165, 1.54) is 5.56 Å². The van der Waals surface area contributed by atoms with E-state index in [9.17, 15) is 5.11 Å². The summed E-state index contributed by atoms with van der Waals surface area (Å²) in [5.41, 5.74) is 1.25. The number of benzene rings is 1. The first-order chi connectivity index (χ1) is 9.33. The van der Waals surface area contributed by atoms with Gasteiger partial charge in [0.1, 0.15) is 5.75 Å². The largest absolute Gasteiger partial charge is 0.493 e. The molecule has 1 aromatic rings. The smallest absolute Gasteiger partial charge is 0.122 e. The maximum atomic E-state index is 10.3. The molecule has 2 aliphatic heterocycles. The first kappa shape index (κ1) is 12.9. The molecule has 0 amide bonds. The molecule has 0 aliphatic carbocycles. The van der Waals surface area contributed by atoms with Gasteiger partial charge in [-0.25, -0.2) is 0 Å². The molecule has 19 heavy (non-hydrogen) atoms. The van der Waals surface area contributed by atoms with E-state index in [0.717, 1.165) is 51.1 Å². The van der Waals surface area contributed by atoms with Gasteiger partial charge in [-0.2, -0.15) is 0 Å². The Morgan fingerprint density at radius 2 is 2.05 bits per heavy atom. The third-order valence-electron chi connectivity index (χ3n) is 4.20. The van der Waals surface area contributed by atoms with Crippen LogP contribution in [0.2, 0.25) is 0 Å². The Morgan fingerprint density at radius 1 is 1.16 bits per heavy atom. The van der Waals surface area contributed by atoms with Crippen LogP contribution in [0.15, 0.2) is 24.3 Å². The molecule has 2 heterocycles. The average Bonchev–Trinajstić information content (AvgIpc) is 2.92. The predicted octanol–water partition coefficient (Wildman–Crippen LogP) is 2.87. The Balaban J connectivity index is 1.60. The van der Waals surface area contributed by atoms with Crippen molar-refractivity contribution in [1.82, 2.24) is 0 Å². The van der Waals surface area contributed by atoms with Crippen LogP contribution >= 0.6 is 0 Å². The van der Waals surface area contributed by atoms with Gasteiger partial charge in [0, 0.05) is 6.61 Å². The van der Waals surface area contributed by atoms with Crippen molar-refractivity contribution in [3.05, 3.63) is 29.8 Å². The number of aliphatic hydroxyl groups is 1. The fraction of sp³-hybridized carbons (Fsp3) is 0.625. The zero-order valence-corrected chi connectivity index (χ0v) is 11.3. The van der Waals surface area contributed by atoms with Crippen molar-refractivity contribution in [2.24, 2.45) is 0 Å². The summed E-state index contributed by atoms with van der Waals surface area (Å²) in [5, 5.41) is 10.3. The molecule has 3 unspecified atom stereocenters. The molecule has 0 spiro atoms. The number of rotatable bonds is 4. The minimum Gasteiger partial charge on any atom is -0.493 e. The fourth-order valence-corrected chi connectivity index (χ4v) is 3.22. The summed E-state index contributed by atoms with van der Waals surface area (Å²) in [7, 11) is 0. The van der Waals surface area contributed by atoms with Gasteiger partial charge < -0.3 is 14.6 Å². The molecular weight excluding hydrogens is 240 g/mol. The number of fused-ring (bicyclic) bond motifs is 1. The number of para-hydroxylation sites is 1. The Morgan fingerprint density at radius 3 is 2.89 bits per heavy atom. The van der Waals surface area contributed by atoms with Crippen molar-refractivity contribution in [2.45, 2.75) is 50.2 Å². The van der Waals surface area contributed by atoms with E-state index in [4.69, 9.17) is 9.47 Å². The minimum atomic E-state index is -0.265. The molecule has 3 atom stereocenters. The predicted molar refractivity (Wildman–Crippen MR) is 73.5 cm³/mol. The highest BCUT2D eigenvalue weighted by Gasteiger charge is 2.26. The van der Waals surface area contributed by atoms with Gasteiger partial charge in [0.2, 0.25) is 0 Å². The van der Waals surface area contributed by atoms with Gasteiger partial charge in [-0.3, -0.25) is 0 Å². The van der Waals surface area contributed by atoms with Crippen LogP contribution in [0.4, 0.5) is 0 Å². The zero-order chi connectivity index (χ0) is 13.1. The second-order valence-electron chi connectivity index (χ2n) is 5.63. The Kier molecular flexibility index (Phi) is 4.04. The lowest BCUT2D eigenvalue weighted by molar-refractivity contribution is 0.0458. The molecule has 0 bridgehead atoms. The van der Waals surface area contributed by atoms with Crippen LogP contribution in [0.3, 0.4) is 0 Å². The molecule has 2 aliphatic rings. The van der Waals surface area contributed by atoms with E-state index >= 15 is 0 Å². The summed E-state index contributed by atoms with van der Waals surface area (Å²) in [6.07, 6.45) is 4.84. The molecule has 1 saturated heterocycles. The Labute approximate surface area is 114 Å². The highest BCUT2D eigenvalue weighted by Crippen LogP contribution is 2.36. The van der Waals surface area contributed by atoms with Crippen molar-refractivity contribution in [3.63, 3.8) is 0 Å². The quantitative estimate of drug-likeness (QED) is 0.906. The zero-order valence-electron chi connectivity index (χ0n) is 11.3. The number of aliphatic hydroxyl groups excluding tert-OH is 1. The number of hydrogen-bond acceptors (Lipinski definition) is 3. The van der Waals surface area contributed by atoms with Gasteiger partial charge in [-0.15, -0.1) is 0 Å². The average molecular weight is 262 g/mol. The van der Waals surface area contributed by atoms with Crippen molar-refractivity contribution in [2.75, 3.05) is 13.2 Å².